The zero-order chi connectivity index (χ0) is 13.1. The monoisotopic (exact) mass is 315 g/mol. The summed E-state index contributed by atoms with van der Waals surface area (Å²) in [6.07, 6.45) is 3.67. The van der Waals surface area contributed by atoms with Gasteiger partial charge in [0.2, 0.25) is 0 Å². The number of benzene rings is 1. The van der Waals surface area contributed by atoms with Gasteiger partial charge in [-0.25, -0.2) is 0 Å². The van der Waals surface area contributed by atoms with Crippen molar-refractivity contribution in [2.24, 2.45) is 0 Å². The van der Waals surface area contributed by atoms with Crippen LogP contribution in [-0.4, -0.2) is 5.78 Å². The highest BCUT2D eigenvalue weighted by atomic mass is 35.5. The number of Topliss-reactive ketones (excluding diaryl/α,β-unsaturated/α-hetero) is 1. The van der Waals surface area contributed by atoms with Gasteiger partial charge in [0.15, 0.2) is 24.7 Å². The van der Waals surface area contributed by atoms with Crippen molar-refractivity contribution in [3.63, 3.8) is 0 Å². The number of hydrogen-bond donors (Lipinski definition) is 0. The van der Waals surface area contributed by atoms with E-state index in [0.717, 1.165) is 5.56 Å². The fraction of sp³-hybridized carbons (Fsp3) is 0.143. The van der Waals surface area contributed by atoms with E-state index in [9.17, 15) is 4.79 Å². The van der Waals surface area contributed by atoms with Crippen LogP contribution in [0.15, 0.2) is 42.7 Å². The molecule has 2 rings (SSSR count). The van der Waals surface area contributed by atoms with Crippen LogP contribution in [0.4, 0.5) is 0 Å². The maximum Gasteiger partial charge on any atom is 0.179 e. The third kappa shape index (κ3) is 3.93. The van der Waals surface area contributed by atoms with Crippen LogP contribution in [0.3, 0.4) is 0 Å². The van der Waals surface area contributed by atoms with Gasteiger partial charge in [-0.05, 0) is 25.1 Å². The number of carbonyl (C=O) groups is 1. The Balaban J connectivity index is 0.00000180. The Morgan fingerprint density at radius 1 is 1.16 bits per heavy atom. The predicted molar refractivity (Wildman–Crippen MR) is 72.2 cm³/mol. The van der Waals surface area contributed by atoms with Gasteiger partial charge in [0.05, 0.1) is 21.2 Å². The fourth-order valence-corrected chi connectivity index (χ4v) is 2.21. The molecule has 1 heterocycles. The number of nitrogens with zero attached hydrogens (tertiary/aromatic N) is 1. The molecule has 19 heavy (non-hydrogen) atoms. The number of aromatic nitrogens is 1. The first-order chi connectivity index (χ1) is 8.58. The van der Waals surface area contributed by atoms with Gasteiger partial charge in [0.25, 0.3) is 0 Å². The average molecular weight is 317 g/mol. The number of carbonyl (C=O) groups excluding carboxylic acids is 1. The van der Waals surface area contributed by atoms with Crippen LogP contribution in [0, 0.1) is 0 Å². The molecule has 0 aliphatic carbocycles. The number of ketones is 1. The van der Waals surface area contributed by atoms with Gasteiger partial charge in [-0.2, -0.15) is 4.57 Å². The third-order valence-corrected chi connectivity index (χ3v) is 3.38. The molecule has 0 amide bonds. The van der Waals surface area contributed by atoms with Crippen LogP contribution in [-0.2, 0) is 6.54 Å². The van der Waals surface area contributed by atoms with Gasteiger partial charge in [0, 0.05) is 6.07 Å². The Hall–Kier alpha value is -1.09. The molecular formula is C14H12Cl3NO. The molecule has 2 aromatic rings. The standard InChI is InChI=1S/C14H12Cl2NO.ClH/c1-10(18)11-4-3-7-17(8-11)9-12-13(15)5-2-6-14(12)16;/h2-8H,9H2,1H3;1H/q+1;/p-1. The lowest BCUT2D eigenvalue weighted by Gasteiger charge is -2.04. The summed E-state index contributed by atoms with van der Waals surface area (Å²) in [4.78, 5) is 11.3. The topological polar surface area (TPSA) is 20.9 Å². The molecule has 0 saturated carbocycles. The molecule has 5 heteroatoms. The number of halogens is 3. The summed E-state index contributed by atoms with van der Waals surface area (Å²) < 4.78 is 1.89. The van der Waals surface area contributed by atoms with E-state index >= 15 is 0 Å². The van der Waals surface area contributed by atoms with E-state index in [1.807, 2.05) is 22.9 Å². The molecular weight excluding hydrogens is 305 g/mol. The van der Waals surface area contributed by atoms with Crippen molar-refractivity contribution in [2.75, 3.05) is 0 Å². The molecule has 1 aromatic carbocycles. The van der Waals surface area contributed by atoms with Gasteiger partial charge >= 0.3 is 0 Å². The zero-order valence-electron chi connectivity index (χ0n) is 10.2. The van der Waals surface area contributed by atoms with E-state index in [4.69, 9.17) is 23.2 Å². The van der Waals surface area contributed by atoms with E-state index in [2.05, 4.69) is 0 Å². The van der Waals surface area contributed by atoms with E-state index in [-0.39, 0.29) is 18.2 Å². The Morgan fingerprint density at radius 3 is 2.37 bits per heavy atom. The van der Waals surface area contributed by atoms with Crippen molar-refractivity contribution in [2.45, 2.75) is 13.5 Å². The summed E-state index contributed by atoms with van der Waals surface area (Å²) in [5.74, 6) is 0.0367. The van der Waals surface area contributed by atoms with Gasteiger partial charge < -0.3 is 12.4 Å². The molecule has 0 aliphatic rings. The number of rotatable bonds is 3. The summed E-state index contributed by atoms with van der Waals surface area (Å²) in [7, 11) is 0. The SMILES string of the molecule is CC(=O)c1ccc[n+](Cc2c(Cl)cccc2Cl)c1.[Cl-]. The van der Waals surface area contributed by atoms with Crippen LogP contribution in [0.5, 0.6) is 0 Å². The van der Waals surface area contributed by atoms with Gasteiger partial charge in [-0.1, -0.05) is 29.3 Å². The number of hydrogen-bond acceptors (Lipinski definition) is 1. The fourth-order valence-electron chi connectivity index (χ4n) is 1.69. The van der Waals surface area contributed by atoms with Crippen molar-refractivity contribution in [3.05, 3.63) is 63.9 Å². The minimum Gasteiger partial charge on any atom is -1.00 e. The molecule has 0 N–H and O–H groups in total. The molecule has 0 radical (unpaired) electrons. The maximum atomic E-state index is 11.3. The maximum absolute atomic E-state index is 11.3. The molecule has 0 bridgehead atoms. The second kappa shape index (κ2) is 6.90. The molecule has 2 nitrogen and oxygen atoms in total. The zero-order valence-corrected chi connectivity index (χ0v) is 12.5. The van der Waals surface area contributed by atoms with E-state index in [0.29, 0.717) is 22.2 Å². The quantitative estimate of drug-likeness (QED) is 0.598. The van der Waals surface area contributed by atoms with Crippen LogP contribution in [0.1, 0.15) is 22.8 Å². The largest absolute Gasteiger partial charge is 1.00 e. The van der Waals surface area contributed by atoms with Crippen molar-refractivity contribution in [1.29, 1.82) is 0 Å². The second-order valence-electron chi connectivity index (χ2n) is 4.02. The normalized spacial score (nSPS) is 9.84. The lowest BCUT2D eigenvalue weighted by atomic mass is 10.2. The van der Waals surface area contributed by atoms with E-state index in [1.54, 1.807) is 31.3 Å². The molecule has 0 aliphatic heterocycles. The molecule has 1 aromatic heterocycles. The predicted octanol–water partition coefficient (Wildman–Crippen LogP) is 0.536. The summed E-state index contributed by atoms with van der Waals surface area (Å²) in [5, 5.41) is 1.26. The van der Waals surface area contributed by atoms with E-state index < -0.39 is 0 Å². The smallest absolute Gasteiger partial charge is 0.179 e. The summed E-state index contributed by atoms with van der Waals surface area (Å²) >= 11 is 12.2. The van der Waals surface area contributed by atoms with Crippen LogP contribution < -0.4 is 17.0 Å². The van der Waals surface area contributed by atoms with Crippen LogP contribution in [0.25, 0.3) is 0 Å². The summed E-state index contributed by atoms with van der Waals surface area (Å²) in [6, 6.07) is 9.04. The molecule has 0 atom stereocenters. The Kier molecular flexibility index (Phi) is 5.80. The Morgan fingerprint density at radius 2 is 1.79 bits per heavy atom. The van der Waals surface area contributed by atoms with Crippen molar-refractivity contribution in [3.8, 4) is 0 Å². The van der Waals surface area contributed by atoms with E-state index in [1.165, 1.54) is 0 Å². The molecule has 0 unspecified atom stereocenters. The van der Waals surface area contributed by atoms with Crippen LogP contribution >= 0.6 is 23.2 Å². The highest BCUT2D eigenvalue weighted by Gasteiger charge is 2.12. The number of pyridine rings is 1. The average Bonchev–Trinajstić information content (AvgIpc) is 2.34. The minimum atomic E-state index is 0. The molecule has 100 valence electrons. The molecule has 0 fully saturated rings. The molecule has 0 saturated heterocycles. The highest BCUT2D eigenvalue weighted by molar-refractivity contribution is 6.35. The first kappa shape index (κ1) is 16.0. The van der Waals surface area contributed by atoms with Gasteiger partial charge in [-0.15, -0.1) is 0 Å². The van der Waals surface area contributed by atoms with Gasteiger partial charge in [-0.3, -0.25) is 4.79 Å². The highest BCUT2D eigenvalue weighted by Crippen LogP contribution is 2.23. The lowest BCUT2D eigenvalue weighted by molar-refractivity contribution is -0.688. The van der Waals surface area contributed by atoms with Crippen LogP contribution in [0.2, 0.25) is 10.0 Å². The van der Waals surface area contributed by atoms with Crippen molar-refractivity contribution < 1.29 is 21.8 Å². The first-order valence-corrected chi connectivity index (χ1v) is 6.26. The van der Waals surface area contributed by atoms with Crippen molar-refractivity contribution in [1.82, 2.24) is 0 Å². The Labute approximate surface area is 128 Å². The Bertz CT molecular complexity index is 579. The minimum absolute atomic E-state index is 0. The second-order valence-corrected chi connectivity index (χ2v) is 4.84. The summed E-state index contributed by atoms with van der Waals surface area (Å²) in [6.45, 7) is 2.09. The molecule has 0 spiro atoms. The van der Waals surface area contributed by atoms with Gasteiger partial charge in [0.1, 0.15) is 0 Å². The summed E-state index contributed by atoms with van der Waals surface area (Å²) in [5.41, 5.74) is 1.52. The third-order valence-electron chi connectivity index (χ3n) is 2.67. The van der Waals surface area contributed by atoms with Crippen molar-refractivity contribution >= 4 is 29.0 Å². The lowest BCUT2D eigenvalue weighted by Crippen LogP contribution is -3.00. The first-order valence-electron chi connectivity index (χ1n) is 5.51.